The van der Waals surface area contributed by atoms with Gasteiger partial charge >= 0.3 is 17.9 Å². The van der Waals surface area contributed by atoms with Crippen LogP contribution in [-0.4, -0.2) is 59.5 Å². The monoisotopic (exact) mass is 1640 g/mol. The maximum absolute atomic E-state index is 17.9. The molecule has 0 amide bonds. The standard InChI is InChI=1S/C103H86O18S/c104-90-84(108-59-70-34-12-1-13-35-70)58-83(101(106)117-68-79-52-30-10-31-53-79)91(97(90)115-66-77-48-26-8-27-49-77)120-96-89-82(57-86(110-61-72-38-16-3-17-39-72)93(96)112-63-74-42-20-5-21-43-74)102(107)121-98-94(113-64-75-44-22-6-23-45-75)87(119-103(122-80-54-32-11-33-55-80)99(98)116-67-78-50-28-9-29-51-78)69-118-100(105)81-56-85(109-60-71-36-14-2-15-37-71)92(111-62-73-40-18-4-19-41-73)95(88(81)89)114-65-76-46-24-7-25-47-76/h1-58,87,94,98-99,103-104H,59-69H2/t87-,94-,98+,99-,103+/m1/s1. The normalized spacial score (nSPS) is 15.4. The smallest absolute Gasteiger partial charge is 0.342 e. The molecule has 1 N–H and O–H groups in total. The van der Waals surface area contributed by atoms with Gasteiger partial charge < -0.3 is 71.4 Å². The lowest BCUT2D eigenvalue weighted by Crippen LogP contribution is -2.61. The Morgan fingerprint density at radius 2 is 0.664 bits per heavy atom. The predicted molar refractivity (Wildman–Crippen MR) is 462 cm³/mol. The second kappa shape index (κ2) is 40.6. The fourth-order valence-electron chi connectivity index (χ4n) is 14.1. The highest BCUT2D eigenvalue weighted by atomic mass is 32.2. The molecule has 0 spiro atoms. The Kier molecular flexibility index (Phi) is 27.2. The first-order valence-corrected chi connectivity index (χ1v) is 41.0. The SMILES string of the molecule is O=C(OCc1ccccc1)c1cc(OCc2ccccc2)c(O)c(OCc2ccccc2)c1Oc1c(OCc2ccccc2)c(OCc2ccccc2)cc2c1-c1c(cc(OCc3ccccc3)c(OCc3ccccc3)c1OCc1ccccc1)C(=O)OC[C@H]1O[C@@H](Sc3ccccc3)[C@H](OCc3ccccc3)[C@@H](OC2=O)[C@@H]1OCc1ccccc1. The maximum Gasteiger partial charge on any atom is 0.342 e. The molecule has 0 aromatic heterocycles. The molecule has 2 heterocycles. The third-order valence-electron chi connectivity index (χ3n) is 20.3. The van der Waals surface area contributed by atoms with E-state index in [1.54, 1.807) is 12.1 Å². The van der Waals surface area contributed by atoms with E-state index >= 15 is 14.4 Å². The summed E-state index contributed by atoms with van der Waals surface area (Å²) < 4.78 is 100. The van der Waals surface area contributed by atoms with E-state index < -0.39 is 77.4 Å². The van der Waals surface area contributed by atoms with Crippen LogP contribution in [-0.2, 0) is 94.5 Å². The van der Waals surface area contributed by atoms with Crippen molar-refractivity contribution >= 4 is 29.7 Å². The van der Waals surface area contributed by atoms with E-state index in [9.17, 15) is 5.11 Å². The highest BCUT2D eigenvalue weighted by Gasteiger charge is 2.52. The van der Waals surface area contributed by atoms with E-state index in [1.807, 2.05) is 322 Å². The van der Waals surface area contributed by atoms with Crippen LogP contribution in [0.15, 0.2) is 357 Å². The number of carbonyl (C=O) groups is 3. The molecule has 2 aliphatic heterocycles. The van der Waals surface area contributed by atoms with Gasteiger partial charge in [0, 0.05) is 22.1 Å². The molecule has 18 nitrogen and oxygen atoms in total. The van der Waals surface area contributed by atoms with Crippen LogP contribution in [0.5, 0.6) is 57.5 Å². The van der Waals surface area contributed by atoms with Crippen LogP contribution in [0.3, 0.4) is 0 Å². The van der Waals surface area contributed by atoms with Crippen molar-refractivity contribution < 1.29 is 85.8 Å². The van der Waals surface area contributed by atoms with Crippen molar-refractivity contribution in [2.24, 2.45) is 0 Å². The Hall–Kier alpha value is -14.1. The molecule has 2 bridgehead atoms. The zero-order chi connectivity index (χ0) is 83.0. The summed E-state index contributed by atoms with van der Waals surface area (Å²) in [5.41, 5.74) is 4.45. The Bertz CT molecular complexity index is 5760. The number of hydrogen-bond acceptors (Lipinski definition) is 19. The topological polar surface area (TPSA) is 201 Å². The number of fused-ring (bicyclic) bond motifs is 5. The molecule has 0 saturated carbocycles. The number of phenols is 1. The number of phenolic OH excluding ortho intramolecular Hbond substituents is 1. The molecule has 14 aromatic rings. The highest BCUT2D eigenvalue weighted by Crippen LogP contribution is 2.59. The number of benzene rings is 14. The second-order valence-corrected chi connectivity index (χ2v) is 30.1. The van der Waals surface area contributed by atoms with Gasteiger partial charge in [0.2, 0.25) is 23.0 Å². The van der Waals surface area contributed by atoms with Crippen LogP contribution < -0.4 is 37.9 Å². The quantitative estimate of drug-likeness (QED) is 0.0294. The van der Waals surface area contributed by atoms with E-state index in [1.165, 1.54) is 30.0 Å². The van der Waals surface area contributed by atoms with Crippen molar-refractivity contribution in [2.45, 2.75) is 101 Å². The van der Waals surface area contributed by atoms with Gasteiger partial charge in [-0.2, -0.15) is 0 Å². The van der Waals surface area contributed by atoms with Crippen LogP contribution in [0.4, 0.5) is 0 Å². The van der Waals surface area contributed by atoms with Crippen molar-refractivity contribution in [2.75, 3.05) is 6.61 Å². The Morgan fingerprint density at radius 3 is 1.08 bits per heavy atom. The first-order chi connectivity index (χ1) is 60.2. The summed E-state index contributed by atoms with van der Waals surface area (Å²) in [6.07, 6.45) is -5.15. The molecular weight excluding hydrogens is 1560 g/mol. The van der Waals surface area contributed by atoms with Gasteiger partial charge in [-0.1, -0.05) is 333 Å². The summed E-state index contributed by atoms with van der Waals surface area (Å²) in [5, 5.41) is 13.4. The minimum absolute atomic E-state index is 0.00235. The molecule has 1 fully saturated rings. The number of thioether (sulfide) groups is 1. The minimum atomic E-state index is -1.45. The van der Waals surface area contributed by atoms with Crippen molar-refractivity contribution in [3.63, 3.8) is 0 Å². The average Bonchev–Trinajstić information content (AvgIpc) is 0.727. The summed E-state index contributed by atoms with van der Waals surface area (Å²) in [5.74, 6) is -5.89. The average molecular weight is 1640 g/mol. The zero-order valence-corrected chi connectivity index (χ0v) is 67.3. The van der Waals surface area contributed by atoms with E-state index in [2.05, 4.69) is 0 Å². The molecule has 1 saturated heterocycles. The largest absolute Gasteiger partial charge is 0.502 e. The number of ether oxygens (including phenoxy) is 14. The lowest BCUT2D eigenvalue weighted by atomic mass is 9.91. The summed E-state index contributed by atoms with van der Waals surface area (Å²) in [7, 11) is 0. The highest BCUT2D eigenvalue weighted by molar-refractivity contribution is 7.99. The number of esters is 3. The van der Waals surface area contributed by atoms with E-state index in [0.717, 1.165) is 32.7 Å². The molecule has 0 unspecified atom stereocenters. The van der Waals surface area contributed by atoms with Gasteiger partial charge in [0.05, 0.1) is 24.3 Å². The molecule has 612 valence electrons. The van der Waals surface area contributed by atoms with Crippen LogP contribution in [0.25, 0.3) is 11.1 Å². The van der Waals surface area contributed by atoms with Crippen LogP contribution in [0.2, 0.25) is 0 Å². The van der Waals surface area contributed by atoms with Gasteiger partial charge in [-0.15, -0.1) is 0 Å². The van der Waals surface area contributed by atoms with E-state index in [-0.39, 0.29) is 128 Å². The van der Waals surface area contributed by atoms with E-state index in [0.29, 0.717) is 27.8 Å². The molecule has 16 rings (SSSR count). The van der Waals surface area contributed by atoms with Gasteiger partial charge in [0.25, 0.3) is 0 Å². The minimum Gasteiger partial charge on any atom is -0.502 e. The first kappa shape index (κ1) is 81.7. The fourth-order valence-corrected chi connectivity index (χ4v) is 15.3. The summed E-state index contributed by atoms with van der Waals surface area (Å²) >= 11 is 1.32. The van der Waals surface area contributed by atoms with Gasteiger partial charge in [0.1, 0.15) is 88.8 Å². The van der Waals surface area contributed by atoms with Crippen LogP contribution in [0.1, 0.15) is 86.7 Å². The molecule has 0 radical (unpaired) electrons. The Balaban J connectivity index is 1.02. The van der Waals surface area contributed by atoms with Gasteiger partial charge in [-0.05, 0) is 79.9 Å². The lowest BCUT2D eigenvalue weighted by molar-refractivity contribution is -0.236. The predicted octanol–water partition coefficient (Wildman–Crippen LogP) is 21.6. The molecule has 2 aliphatic rings. The summed E-state index contributed by atoms with van der Waals surface area (Å²) in [6.45, 7) is -1.96. The molecule has 19 heteroatoms. The van der Waals surface area contributed by atoms with Gasteiger partial charge in [-0.25, -0.2) is 14.4 Å². The van der Waals surface area contributed by atoms with Crippen LogP contribution in [0, 0.1) is 0 Å². The van der Waals surface area contributed by atoms with Crippen molar-refractivity contribution in [3.05, 3.63) is 424 Å². The van der Waals surface area contributed by atoms with Crippen molar-refractivity contribution in [1.29, 1.82) is 0 Å². The Labute approximate surface area is 711 Å². The summed E-state index contributed by atoms with van der Waals surface area (Å²) in [6, 6.07) is 107. The second-order valence-electron chi connectivity index (χ2n) is 28.9. The molecule has 5 atom stereocenters. The third kappa shape index (κ3) is 20.8. The lowest BCUT2D eigenvalue weighted by Gasteiger charge is -2.45. The molecule has 122 heavy (non-hydrogen) atoms. The number of cyclic esters (lactones) is 1. The van der Waals surface area contributed by atoms with Crippen LogP contribution >= 0.6 is 11.8 Å². The van der Waals surface area contributed by atoms with E-state index in [4.69, 9.17) is 66.3 Å². The molecular formula is C103H86O18S. The molecule has 14 aromatic carbocycles. The van der Waals surface area contributed by atoms with Crippen molar-refractivity contribution in [1.82, 2.24) is 0 Å². The van der Waals surface area contributed by atoms with Crippen molar-refractivity contribution in [3.8, 4) is 68.6 Å². The number of aromatic hydroxyl groups is 1. The number of carbonyl (C=O) groups excluding carboxylic acids is 3. The van der Waals surface area contributed by atoms with Gasteiger partial charge in [-0.3, -0.25) is 0 Å². The fraction of sp³-hybridized carbons (Fsp3) is 0.155. The molecule has 0 aliphatic carbocycles. The van der Waals surface area contributed by atoms with Gasteiger partial charge in [0.15, 0.2) is 40.6 Å². The first-order valence-electron chi connectivity index (χ1n) is 40.1. The zero-order valence-electron chi connectivity index (χ0n) is 66.4. The maximum atomic E-state index is 17.9. The number of hydrogen-bond donors (Lipinski definition) is 1. The Morgan fingerprint density at radius 1 is 0.336 bits per heavy atom. The summed E-state index contributed by atoms with van der Waals surface area (Å²) in [4.78, 5) is 51.8. The third-order valence-corrected chi connectivity index (χ3v) is 21.5. The number of rotatable bonds is 34.